The number of nitrogens with zero attached hydrogens (tertiary/aromatic N) is 1. The molecule has 0 bridgehead atoms. The minimum absolute atomic E-state index is 0.0103. The summed E-state index contributed by atoms with van der Waals surface area (Å²) in [5.41, 5.74) is 4.83. The van der Waals surface area contributed by atoms with E-state index in [0.717, 1.165) is 0 Å². The summed E-state index contributed by atoms with van der Waals surface area (Å²) < 4.78 is 5.36. The summed E-state index contributed by atoms with van der Waals surface area (Å²) in [6, 6.07) is 2.75. The zero-order valence-electron chi connectivity index (χ0n) is 7.69. The van der Waals surface area contributed by atoms with Crippen molar-refractivity contribution in [1.29, 1.82) is 0 Å². The van der Waals surface area contributed by atoms with Gasteiger partial charge in [0.1, 0.15) is 0 Å². The topological polar surface area (TPSA) is 95.5 Å². The lowest BCUT2D eigenvalue weighted by molar-refractivity contribution is -0.385. The molecular weight excluding hydrogens is 315 g/mol. The van der Waals surface area contributed by atoms with Gasteiger partial charge in [0.05, 0.1) is 17.6 Å². The number of nitro groups is 1. The highest BCUT2D eigenvalue weighted by molar-refractivity contribution is 14.1. The fraction of sp³-hybridized carbons (Fsp3) is 0.125. The van der Waals surface area contributed by atoms with E-state index in [2.05, 4.69) is 0 Å². The molecule has 2 N–H and O–H groups in total. The number of primary amides is 1. The number of nitrogens with two attached hydrogens (primary N) is 1. The first-order chi connectivity index (χ1) is 6.97. The molecule has 0 radical (unpaired) electrons. The van der Waals surface area contributed by atoms with Gasteiger partial charge in [0.2, 0.25) is 5.75 Å². The first-order valence-electron chi connectivity index (χ1n) is 3.79. The Labute approximate surface area is 98.7 Å². The van der Waals surface area contributed by atoms with Crippen LogP contribution in [-0.2, 0) is 0 Å². The number of hydrogen-bond donors (Lipinski definition) is 1. The molecular formula is C8H7IN2O4. The molecule has 0 atom stereocenters. The fourth-order valence-corrected chi connectivity index (χ4v) is 1.72. The minimum Gasteiger partial charge on any atom is -0.490 e. The number of nitro benzene ring substituents is 1. The highest BCUT2D eigenvalue weighted by Crippen LogP contribution is 2.32. The number of halogens is 1. The molecule has 1 aromatic carbocycles. The Bertz CT molecular complexity index is 398. The quantitative estimate of drug-likeness (QED) is 0.515. The first-order valence-corrected chi connectivity index (χ1v) is 4.87. The number of hydrogen-bond acceptors (Lipinski definition) is 4. The molecule has 0 aliphatic carbocycles. The number of methoxy groups -OCH3 is 1. The summed E-state index contributed by atoms with van der Waals surface area (Å²) >= 11 is 1.86. The Morgan fingerprint density at radius 2 is 2.20 bits per heavy atom. The molecule has 0 aliphatic rings. The number of benzene rings is 1. The van der Waals surface area contributed by atoms with E-state index in [1.807, 2.05) is 22.6 Å². The molecule has 0 unspecified atom stereocenters. The van der Waals surface area contributed by atoms with Gasteiger partial charge in [-0.1, -0.05) is 0 Å². The molecule has 0 fully saturated rings. The van der Waals surface area contributed by atoms with Gasteiger partial charge in [-0.25, -0.2) is 0 Å². The third kappa shape index (κ3) is 2.35. The molecule has 15 heavy (non-hydrogen) atoms. The van der Waals surface area contributed by atoms with Crippen LogP contribution in [-0.4, -0.2) is 17.9 Å². The Morgan fingerprint density at radius 1 is 1.60 bits per heavy atom. The predicted octanol–water partition coefficient (Wildman–Crippen LogP) is 1.31. The van der Waals surface area contributed by atoms with Gasteiger partial charge in [0.15, 0.2) is 0 Å². The molecule has 1 aromatic rings. The third-order valence-corrected chi connectivity index (χ3v) is 2.32. The molecule has 7 heteroatoms. The van der Waals surface area contributed by atoms with Crippen LogP contribution >= 0.6 is 22.6 Å². The van der Waals surface area contributed by atoms with Crippen molar-refractivity contribution in [3.63, 3.8) is 0 Å². The van der Waals surface area contributed by atoms with Crippen LogP contribution in [0.15, 0.2) is 12.1 Å². The van der Waals surface area contributed by atoms with Crippen molar-refractivity contribution in [3.05, 3.63) is 31.4 Å². The van der Waals surface area contributed by atoms with Crippen molar-refractivity contribution in [1.82, 2.24) is 0 Å². The predicted molar refractivity (Wildman–Crippen MR) is 60.9 cm³/mol. The summed E-state index contributed by atoms with van der Waals surface area (Å²) in [5, 5.41) is 10.7. The van der Waals surface area contributed by atoms with Crippen LogP contribution in [0.25, 0.3) is 0 Å². The van der Waals surface area contributed by atoms with E-state index in [0.29, 0.717) is 3.57 Å². The monoisotopic (exact) mass is 322 g/mol. The van der Waals surface area contributed by atoms with Crippen LogP contribution in [0.3, 0.4) is 0 Å². The second-order valence-corrected chi connectivity index (χ2v) is 3.87. The second-order valence-electron chi connectivity index (χ2n) is 2.63. The average molecular weight is 322 g/mol. The van der Waals surface area contributed by atoms with Crippen LogP contribution in [0.5, 0.6) is 5.75 Å². The molecule has 0 aromatic heterocycles. The molecule has 0 aliphatic heterocycles. The van der Waals surface area contributed by atoms with E-state index < -0.39 is 10.8 Å². The Balaban J connectivity index is 3.52. The second kappa shape index (κ2) is 4.43. The normalized spacial score (nSPS) is 9.73. The highest BCUT2D eigenvalue weighted by Gasteiger charge is 2.22. The lowest BCUT2D eigenvalue weighted by Gasteiger charge is -2.06. The Hall–Kier alpha value is -1.38. The molecule has 1 amide bonds. The van der Waals surface area contributed by atoms with Crippen LogP contribution in [0.1, 0.15) is 10.4 Å². The zero-order valence-corrected chi connectivity index (χ0v) is 9.85. The van der Waals surface area contributed by atoms with Gasteiger partial charge in [0, 0.05) is 9.64 Å². The molecule has 6 nitrogen and oxygen atoms in total. The van der Waals surface area contributed by atoms with Gasteiger partial charge >= 0.3 is 5.69 Å². The maximum Gasteiger partial charge on any atom is 0.312 e. The summed E-state index contributed by atoms with van der Waals surface area (Å²) in [6.45, 7) is 0. The minimum atomic E-state index is -0.756. The molecule has 0 saturated carbocycles. The standard InChI is InChI=1S/C8H7IN2O4/c1-15-7-5(8(10)12)2-4(9)3-6(7)11(13)14/h2-3H,1H3,(H2,10,12). The molecule has 0 spiro atoms. The maximum atomic E-state index is 11.0. The van der Waals surface area contributed by atoms with E-state index >= 15 is 0 Å². The number of amides is 1. The van der Waals surface area contributed by atoms with Crippen molar-refractivity contribution in [2.75, 3.05) is 7.11 Å². The molecule has 1 rings (SSSR count). The third-order valence-electron chi connectivity index (χ3n) is 1.70. The van der Waals surface area contributed by atoms with Gasteiger partial charge in [-0.15, -0.1) is 0 Å². The van der Waals surface area contributed by atoms with Crippen molar-refractivity contribution < 1.29 is 14.5 Å². The lowest BCUT2D eigenvalue weighted by Crippen LogP contribution is -2.13. The smallest absolute Gasteiger partial charge is 0.312 e. The van der Waals surface area contributed by atoms with Crippen molar-refractivity contribution in [2.24, 2.45) is 5.73 Å². The summed E-state index contributed by atoms with van der Waals surface area (Å²) in [4.78, 5) is 21.1. The van der Waals surface area contributed by atoms with Crippen LogP contribution in [0, 0.1) is 13.7 Å². The van der Waals surface area contributed by atoms with Crippen molar-refractivity contribution >= 4 is 34.2 Å². The van der Waals surface area contributed by atoms with E-state index in [1.54, 1.807) is 0 Å². The zero-order chi connectivity index (χ0) is 11.6. The summed E-state index contributed by atoms with van der Waals surface area (Å²) in [6.07, 6.45) is 0. The van der Waals surface area contributed by atoms with Gasteiger partial charge < -0.3 is 10.5 Å². The largest absolute Gasteiger partial charge is 0.490 e. The first kappa shape index (κ1) is 11.7. The number of carbonyl (C=O) groups is 1. The van der Waals surface area contributed by atoms with Gasteiger partial charge in [-0.3, -0.25) is 14.9 Å². The lowest BCUT2D eigenvalue weighted by atomic mass is 10.1. The molecule has 80 valence electrons. The number of carbonyl (C=O) groups excluding carboxylic acids is 1. The van der Waals surface area contributed by atoms with E-state index in [-0.39, 0.29) is 17.0 Å². The Kier molecular flexibility index (Phi) is 3.45. The van der Waals surface area contributed by atoms with Crippen LogP contribution in [0.4, 0.5) is 5.69 Å². The average Bonchev–Trinajstić information content (AvgIpc) is 2.16. The number of rotatable bonds is 3. The van der Waals surface area contributed by atoms with Crippen molar-refractivity contribution in [2.45, 2.75) is 0 Å². The summed E-state index contributed by atoms with van der Waals surface area (Å²) in [5.74, 6) is -0.860. The van der Waals surface area contributed by atoms with E-state index in [4.69, 9.17) is 10.5 Å². The van der Waals surface area contributed by atoms with Crippen molar-refractivity contribution in [3.8, 4) is 5.75 Å². The SMILES string of the molecule is COc1c(C(N)=O)cc(I)cc1[N+](=O)[O-]. The highest BCUT2D eigenvalue weighted by atomic mass is 127. The van der Waals surface area contributed by atoms with E-state index in [1.165, 1.54) is 19.2 Å². The molecule has 0 heterocycles. The summed E-state index contributed by atoms with van der Waals surface area (Å²) in [7, 11) is 1.25. The van der Waals surface area contributed by atoms with E-state index in [9.17, 15) is 14.9 Å². The van der Waals surface area contributed by atoms with Crippen LogP contribution < -0.4 is 10.5 Å². The van der Waals surface area contributed by atoms with Gasteiger partial charge in [-0.05, 0) is 28.7 Å². The van der Waals surface area contributed by atoms with Gasteiger partial charge in [0.25, 0.3) is 5.91 Å². The van der Waals surface area contributed by atoms with Crippen LogP contribution in [0.2, 0.25) is 0 Å². The maximum absolute atomic E-state index is 11.0. The Morgan fingerprint density at radius 3 is 2.60 bits per heavy atom. The van der Waals surface area contributed by atoms with Gasteiger partial charge in [-0.2, -0.15) is 0 Å². The fourth-order valence-electron chi connectivity index (χ4n) is 1.11. The number of ether oxygens (including phenoxy) is 1. The molecule has 0 saturated heterocycles.